The number of ether oxygens (including phenoxy) is 1. The van der Waals surface area contributed by atoms with Crippen LogP contribution in [0.25, 0.3) is 0 Å². The zero-order valence-electron chi connectivity index (χ0n) is 13.8. The average molecular weight is 439 g/mol. The first-order valence-corrected chi connectivity index (χ1v) is 9.40. The van der Waals surface area contributed by atoms with Crippen molar-refractivity contribution < 1.29 is 36.0 Å². The van der Waals surface area contributed by atoms with Crippen molar-refractivity contribution in [3.05, 3.63) is 62.7 Å². The number of amides is 1. The van der Waals surface area contributed by atoms with E-state index in [4.69, 9.17) is 16.3 Å². The first-order chi connectivity index (χ1) is 12.8. The Hall–Kier alpha value is -2.86. The Morgan fingerprint density at radius 3 is 2.43 bits per heavy atom. The minimum Gasteiger partial charge on any atom is -0.456 e. The number of carbonyl (C=O) groups is 1. The van der Waals surface area contributed by atoms with Crippen molar-refractivity contribution in [2.75, 3.05) is 6.26 Å². The van der Waals surface area contributed by atoms with Gasteiger partial charge in [-0.2, -0.15) is 13.2 Å². The minimum atomic E-state index is -5.01. The highest BCUT2D eigenvalue weighted by atomic mass is 35.5. The lowest BCUT2D eigenvalue weighted by Crippen LogP contribution is -2.29. The molecule has 150 valence electrons. The molecule has 0 saturated heterocycles. The normalized spacial score (nSPS) is 11.8. The molecule has 0 atom stereocenters. The molecule has 0 spiro atoms. The molecule has 0 radical (unpaired) electrons. The van der Waals surface area contributed by atoms with Crippen molar-refractivity contribution in [3.8, 4) is 11.5 Å². The Bertz CT molecular complexity index is 1060. The average Bonchev–Trinajstić information content (AvgIpc) is 2.54. The van der Waals surface area contributed by atoms with Crippen LogP contribution in [-0.2, 0) is 16.2 Å². The molecule has 8 nitrogen and oxygen atoms in total. The van der Waals surface area contributed by atoms with E-state index in [0.717, 1.165) is 18.4 Å². The number of rotatable bonds is 5. The number of nitrogens with one attached hydrogen (secondary N) is 1. The maximum absolute atomic E-state index is 12.9. The fourth-order valence-electron chi connectivity index (χ4n) is 2.09. The quantitative estimate of drug-likeness (QED) is 0.561. The van der Waals surface area contributed by atoms with Gasteiger partial charge in [0.05, 0.1) is 11.2 Å². The van der Waals surface area contributed by atoms with Crippen LogP contribution in [0.4, 0.5) is 18.9 Å². The number of sulfonamides is 1. The molecule has 1 amide bonds. The van der Waals surface area contributed by atoms with Gasteiger partial charge in [-0.3, -0.25) is 14.9 Å². The second kappa shape index (κ2) is 7.64. The predicted molar refractivity (Wildman–Crippen MR) is 91.9 cm³/mol. The summed E-state index contributed by atoms with van der Waals surface area (Å²) in [6.07, 6.45) is -4.24. The molecule has 0 bridgehead atoms. The van der Waals surface area contributed by atoms with Gasteiger partial charge in [-0.05, 0) is 30.3 Å². The van der Waals surface area contributed by atoms with E-state index >= 15 is 0 Å². The smallest absolute Gasteiger partial charge is 0.423 e. The summed E-state index contributed by atoms with van der Waals surface area (Å²) in [5.41, 5.74) is -3.06. The lowest BCUT2D eigenvalue weighted by atomic mass is 10.1. The van der Waals surface area contributed by atoms with Gasteiger partial charge in [0.15, 0.2) is 10.8 Å². The van der Waals surface area contributed by atoms with Gasteiger partial charge in [-0.1, -0.05) is 17.7 Å². The van der Waals surface area contributed by atoms with Crippen molar-refractivity contribution in [2.24, 2.45) is 0 Å². The summed E-state index contributed by atoms with van der Waals surface area (Å²) in [5, 5.41) is 10.1. The SMILES string of the molecule is CS(=O)(=O)NC(=O)c1cccc(Oc2ccc(C(F)(F)F)c([N+](=O)[O-])c2Cl)c1. The van der Waals surface area contributed by atoms with Gasteiger partial charge in [0, 0.05) is 5.56 Å². The molecule has 28 heavy (non-hydrogen) atoms. The standard InChI is InChI=1S/C15H10ClF3N2O6S/c1-28(25,26)20-14(22)8-3-2-4-9(7-8)27-11-6-5-10(15(17,18)19)13(12(11)16)21(23)24/h2-7H,1H3,(H,20,22). The molecule has 0 aliphatic rings. The molecule has 1 N–H and O–H groups in total. The lowest BCUT2D eigenvalue weighted by Gasteiger charge is -2.12. The van der Waals surface area contributed by atoms with Crippen LogP contribution in [0.15, 0.2) is 36.4 Å². The van der Waals surface area contributed by atoms with Gasteiger partial charge in [-0.25, -0.2) is 13.1 Å². The van der Waals surface area contributed by atoms with E-state index in [9.17, 15) is 36.5 Å². The Morgan fingerprint density at radius 1 is 1.25 bits per heavy atom. The van der Waals surface area contributed by atoms with Crippen molar-refractivity contribution >= 4 is 33.2 Å². The number of hydrogen-bond acceptors (Lipinski definition) is 6. The molecule has 0 heterocycles. The summed E-state index contributed by atoms with van der Waals surface area (Å²) in [5.74, 6) is -1.54. The highest BCUT2D eigenvalue weighted by Crippen LogP contribution is 2.44. The summed E-state index contributed by atoms with van der Waals surface area (Å²) in [6, 6.07) is 6.17. The molecule has 0 aliphatic carbocycles. The number of halogens is 4. The Morgan fingerprint density at radius 2 is 1.89 bits per heavy atom. The lowest BCUT2D eigenvalue weighted by molar-refractivity contribution is -0.388. The number of nitrogens with zero attached hydrogens (tertiary/aromatic N) is 1. The topological polar surface area (TPSA) is 116 Å². The molecule has 2 aromatic rings. The van der Waals surface area contributed by atoms with E-state index in [0.29, 0.717) is 6.07 Å². The molecule has 0 aliphatic heterocycles. The third-order valence-electron chi connectivity index (χ3n) is 3.17. The zero-order chi connectivity index (χ0) is 21.3. The van der Waals surface area contributed by atoms with Crippen LogP contribution < -0.4 is 9.46 Å². The third-order valence-corrected chi connectivity index (χ3v) is 4.09. The van der Waals surface area contributed by atoms with E-state index in [1.165, 1.54) is 18.2 Å². The molecule has 0 saturated carbocycles. The molecule has 2 aromatic carbocycles. The van der Waals surface area contributed by atoms with Crippen LogP contribution >= 0.6 is 11.6 Å². The maximum atomic E-state index is 12.9. The van der Waals surface area contributed by atoms with Crippen molar-refractivity contribution in [3.63, 3.8) is 0 Å². The molecule has 0 unspecified atom stereocenters. The number of alkyl halides is 3. The van der Waals surface area contributed by atoms with Gasteiger partial charge in [0.1, 0.15) is 11.3 Å². The number of nitro benzene ring substituents is 1. The van der Waals surface area contributed by atoms with Crippen LogP contribution in [0.2, 0.25) is 5.02 Å². The van der Waals surface area contributed by atoms with E-state index in [2.05, 4.69) is 0 Å². The number of benzene rings is 2. The Balaban J connectivity index is 2.42. The predicted octanol–water partition coefficient (Wildman–Crippen LogP) is 3.75. The minimum absolute atomic E-state index is 0.114. The van der Waals surface area contributed by atoms with Crippen LogP contribution in [0, 0.1) is 10.1 Å². The first kappa shape index (κ1) is 21.4. The number of carbonyl (C=O) groups excluding carboxylic acids is 1. The molecular weight excluding hydrogens is 429 g/mol. The molecule has 13 heteroatoms. The largest absolute Gasteiger partial charge is 0.456 e. The van der Waals surface area contributed by atoms with Gasteiger partial charge in [0.25, 0.3) is 5.91 Å². The van der Waals surface area contributed by atoms with Gasteiger partial charge in [0.2, 0.25) is 10.0 Å². The Labute approximate surface area is 161 Å². The van der Waals surface area contributed by atoms with Crippen molar-refractivity contribution in [2.45, 2.75) is 6.18 Å². The molecule has 0 aromatic heterocycles. The zero-order valence-corrected chi connectivity index (χ0v) is 15.4. The highest BCUT2D eigenvalue weighted by molar-refractivity contribution is 7.89. The highest BCUT2D eigenvalue weighted by Gasteiger charge is 2.40. The number of nitro groups is 1. The van der Waals surface area contributed by atoms with Gasteiger partial charge < -0.3 is 4.74 Å². The summed E-state index contributed by atoms with van der Waals surface area (Å²) in [6.45, 7) is 0. The van der Waals surface area contributed by atoms with Crippen LogP contribution in [0.5, 0.6) is 11.5 Å². The maximum Gasteiger partial charge on any atom is 0.423 e. The van der Waals surface area contributed by atoms with Crippen LogP contribution in [-0.4, -0.2) is 25.5 Å². The second-order valence-corrected chi connectivity index (χ2v) is 7.49. The van der Waals surface area contributed by atoms with Crippen molar-refractivity contribution in [1.29, 1.82) is 0 Å². The Kier molecular flexibility index (Phi) is 5.85. The third kappa shape index (κ3) is 5.10. The van der Waals surface area contributed by atoms with E-state index in [1.54, 1.807) is 4.72 Å². The van der Waals surface area contributed by atoms with Crippen molar-refractivity contribution in [1.82, 2.24) is 4.72 Å². The summed E-state index contributed by atoms with van der Waals surface area (Å²) < 4.78 is 68.0. The molecule has 0 fully saturated rings. The molecular formula is C15H10ClF3N2O6S. The summed E-state index contributed by atoms with van der Waals surface area (Å²) in [7, 11) is -3.83. The monoisotopic (exact) mass is 438 g/mol. The van der Waals surface area contributed by atoms with Crippen LogP contribution in [0.1, 0.15) is 15.9 Å². The van der Waals surface area contributed by atoms with Gasteiger partial charge >= 0.3 is 11.9 Å². The summed E-state index contributed by atoms with van der Waals surface area (Å²) in [4.78, 5) is 21.6. The van der Waals surface area contributed by atoms with E-state index in [1.807, 2.05) is 0 Å². The second-order valence-electron chi connectivity index (χ2n) is 5.36. The fraction of sp³-hybridized carbons (Fsp3) is 0.133. The van der Waals surface area contributed by atoms with Gasteiger partial charge in [-0.15, -0.1) is 0 Å². The first-order valence-electron chi connectivity index (χ1n) is 7.13. The number of hydrogen-bond donors (Lipinski definition) is 1. The van der Waals surface area contributed by atoms with E-state index in [-0.39, 0.29) is 11.3 Å². The van der Waals surface area contributed by atoms with E-state index < -0.39 is 49.1 Å². The summed E-state index contributed by atoms with van der Waals surface area (Å²) >= 11 is 5.73. The molecule has 2 rings (SSSR count). The van der Waals surface area contributed by atoms with Crippen LogP contribution in [0.3, 0.4) is 0 Å². The fourth-order valence-corrected chi connectivity index (χ4v) is 2.81.